The number of halogens is 1. The lowest BCUT2D eigenvalue weighted by molar-refractivity contribution is -0.130. The van der Waals surface area contributed by atoms with E-state index in [1.807, 2.05) is 25.1 Å². The maximum absolute atomic E-state index is 12.4. The van der Waals surface area contributed by atoms with Gasteiger partial charge in [0, 0.05) is 57.1 Å². The van der Waals surface area contributed by atoms with Crippen LogP contribution in [0, 0.1) is 6.92 Å². The molecule has 9 nitrogen and oxygen atoms in total. The van der Waals surface area contributed by atoms with Crippen LogP contribution in [0.4, 0.5) is 5.82 Å². The number of likely N-dealkylation sites (N-methyl/N-ethyl adjacent to an activating group) is 1. The first-order valence-corrected chi connectivity index (χ1v) is 12.0. The Bertz CT molecular complexity index is 1200. The summed E-state index contributed by atoms with van der Waals surface area (Å²) in [5.74, 6) is 3.14. The average Bonchev–Trinajstić information content (AvgIpc) is 3.16. The summed E-state index contributed by atoms with van der Waals surface area (Å²) in [5, 5.41) is 9.93. The highest BCUT2D eigenvalue weighted by Crippen LogP contribution is 2.34. The molecule has 1 amide bonds. The molecule has 0 saturated carbocycles. The van der Waals surface area contributed by atoms with Crippen LogP contribution in [0.1, 0.15) is 41.7 Å². The van der Waals surface area contributed by atoms with E-state index >= 15 is 0 Å². The smallest absolute Gasteiger partial charge is 0.236 e. The van der Waals surface area contributed by atoms with Crippen LogP contribution in [0.2, 0.25) is 5.02 Å². The van der Waals surface area contributed by atoms with E-state index in [-0.39, 0.29) is 11.8 Å². The molecule has 1 saturated heterocycles. The molecule has 0 N–H and O–H groups in total. The Balaban J connectivity index is 1.43. The van der Waals surface area contributed by atoms with Crippen LogP contribution in [-0.4, -0.2) is 74.2 Å². The molecule has 2 aromatic heterocycles. The van der Waals surface area contributed by atoms with Crippen LogP contribution >= 0.6 is 11.6 Å². The van der Waals surface area contributed by atoms with E-state index in [0.717, 1.165) is 60.3 Å². The predicted octanol–water partition coefficient (Wildman–Crippen LogP) is 2.81. The average molecular weight is 481 g/mol. The molecule has 1 fully saturated rings. The van der Waals surface area contributed by atoms with Gasteiger partial charge in [0.25, 0.3) is 0 Å². The molecule has 10 heteroatoms. The number of anilines is 1. The zero-order chi connectivity index (χ0) is 23.8. The van der Waals surface area contributed by atoms with Gasteiger partial charge in [0.05, 0.1) is 24.5 Å². The molecule has 34 heavy (non-hydrogen) atoms. The fourth-order valence-electron chi connectivity index (χ4n) is 4.86. The number of fused-ring (bicyclic) bond motifs is 3. The molecule has 2 aliphatic heterocycles. The van der Waals surface area contributed by atoms with Crippen molar-refractivity contribution in [2.24, 2.45) is 0 Å². The number of hydrogen-bond donors (Lipinski definition) is 0. The highest BCUT2D eigenvalue weighted by Gasteiger charge is 2.31. The van der Waals surface area contributed by atoms with Crippen LogP contribution < -0.4 is 4.90 Å². The Labute approximate surface area is 204 Å². The Morgan fingerprint density at radius 2 is 1.88 bits per heavy atom. The van der Waals surface area contributed by atoms with Gasteiger partial charge in [-0.3, -0.25) is 19.2 Å². The van der Waals surface area contributed by atoms with Crippen molar-refractivity contribution in [1.82, 2.24) is 34.5 Å². The van der Waals surface area contributed by atoms with Crippen molar-refractivity contribution in [3.05, 3.63) is 58.5 Å². The summed E-state index contributed by atoms with van der Waals surface area (Å²) in [4.78, 5) is 27.4. The second-order valence-electron chi connectivity index (χ2n) is 9.24. The predicted molar refractivity (Wildman–Crippen MR) is 130 cm³/mol. The van der Waals surface area contributed by atoms with E-state index < -0.39 is 0 Å². The highest BCUT2D eigenvalue weighted by atomic mass is 35.5. The SMILES string of the molecule is Cc1nccnc1N1CCC(c2nnc3n2-c2ccc(Cl)cc2CN(CC(=O)N(C)C)C3)CC1. The van der Waals surface area contributed by atoms with Gasteiger partial charge >= 0.3 is 0 Å². The van der Waals surface area contributed by atoms with Gasteiger partial charge in [-0.15, -0.1) is 10.2 Å². The third-order valence-electron chi connectivity index (χ3n) is 6.67. The van der Waals surface area contributed by atoms with Crippen molar-refractivity contribution in [2.75, 3.05) is 38.6 Å². The molecule has 0 atom stereocenters. The van der Waals surface area contributed by atoms with Gasteiger partial charge < -0.3 is 9.80 Å². The first kappa shape index (κ1) is 22.7. The molecule has 0 bridgehead atoms. The lowest BCUT2D eigenvalue weighted by atomic mass is 9.95. The quantitative estimate of drug-likeness (QED) is 0.567. The van der Waals surface area contributed by atoms with Gasteiger partial charge in [0.2, 0.25) is 5.91 Å². The van der Waals surface area contributed by atoms with Gasteiger partial charge in [-0.05, 0) is 43.5 Å². The minimum Gasteiger partial charge on any atom is -0.355 e. The molecule has 0 unspecified atom stereocenters. The van der Waals surface area contributed by atoms with Crippen molar-refractivity contribution < 1.29 is 4.79 Å². The molecule has 4 heterocycles. The number of carbonyl (C=O) groups is 1. The Kier molecular flexibility index (Phi) is 6.22. The summed E-state index contributed by atoms with van der Waals surface area (Å²) in [7, 11) is 3.56. The first-order chi connectivity index (χ1) is 16.4. The molecular weight excluding hydrogens is 452 g/mol. The van der Waals surface area contributed by atoms with Crippen LogP contribution in [0.15, 0.2) is 30.6 Å². The zero-order valence-electron chi connectivity index (χ0n) is 19.8. The van der Waals surface area contributed by atoms with Crippen LogP contribution in [0.5, 0.6) is 0 Å². The van der Waals surface area contributed by atoms with E-state index in [0.29, 0.717) is 24.7 Å². The molecule has 3 aromatic rings. The van der Waals surface area contributed by atoms with Crippen LogP contribution in [0.25, 0.3) is 5.69 Å². The molecule has 2 aliphatic rings. The monoisotopic (exact) mass is 480 g/mol. The minimum atomic E-state index is 0.0587. The summed E-state index contributed by atoms with van der Waals surface area (Å²) < 4.78 is 2.19. The van der Waals surface area contributed by atoms with E-state index in [9.17, 15) is 4.79 Å². The van der Waals surface area contributed by atoms with Crippen molar-refractivity contribution in [1.29, 1.82) is 0 Å². The normalized spacial score (nSPS) is 16.6. The molecule has 5 rings (SSSR count). The fraction of sp³-hybridized carbons (Fsp3) is 0.458. The van der Waals surface area contributed by atoms with Gasteiger partial charge in [-0.25, -0.2) is 4.98 Å². The summed E-state index contributed by atoms with van der Waals surface area (Å²) in [5.41, 5.74) is 3.08. The maximum atomic E-state index is 12.4. The van der Waals surface area contributed by atoms with E-state index in [1.165, 1.54) is 0 Å². The lowest BCUT2D eigenvalue weighted by Crippen LogP contribution is -2.35. The number of nitrogens with zero attached hydrogens (tertiary/aromatic N) is 8. The number of piperidine rings is 1. The second-order valence-corrected chi connectivity index (χ2v) is 9.68. The summed E-state index contributed by atoms with van der Waals surface area (Å²) in [6, 6.07) is 5.94. The molecule has 0 spiro atoms. The molecular formula is C24H29ClN8O. The minimum absolute atomic E-state index is 0.0587. The zero-order valence-corrected chi connectivity index (χ0v) is 20.5. The number of hydrogen-bond acceptors (Lipinski definition) is 7. The van der Waals surface area contributed by atoms with E-state index in [1.54, 1.807) is 31.4 Å². The molecule has 0 radical (unpaired) electrons. The maximum Gasteiger partial charge on any atom is 0.236 e. The lowest BCUT2D eigenvalue weighted by Gasteiger charge is -2.33. The van der Waals surface area contributed by atoms with Crippen molar-refractivity contribution in [3.63, 3.8) is 0 Å². The van der Waals surface area contributed by atoms with Crippen LogP contribution in [-0.2, 0) is 17.9 Å². The third-order valence-corrected chi connectivity index (χ3v) is 6.90. The summed E-state index contributed by atoms with van der Waals surface area (Å²) in [6.07, 6.45) is 5.40. The highest BCUT2D eigenvalue weighted by molar-refractivity contribution is 6.30. The summed E-state index contributed by atoms with van der Waals surface area (Å²) >= 11 is 6.36. The topological polar surface area (TPSA) is 83.3 Å². The van der Waals surface area contributed by atoms with Crippen molar-refractivity contribution in [2.45, 2.75) is 38.8 Å². The number of aryl methyl sites for hydroxylation is 1. The molecule has 178 valence electrons. The van der Waals surface area contributed by atoms with Crippen molar-refractivity contribution in [3.8, 4) is 5.69 Å². The summed E-state index contributed by atoms with van der Waals surface area (Å²) in [6.45, 7) is 5.28. The van der Waals surface area contributed by atoms with Crippen molar-refractivity contribution >= 4 is 23.3 Å². The number of rotatable bonds is 4. The van der Waals surface area contributed by atoms with Gasteiger partial charge in [-0.2, -0.15) is 0 Å². The number of aromatic nitrogens is 5. The fourth-order valence-corrected chi connectivity index (χ4v) is 5.05. The van der Waals surface area contributed by atoms with E-state index in [2.05, 4.69) is 34.5 Å². The van der Waals surface area contributed by atoms with Gasteiger partial charge in [-0.1, -0.05) is 11.6 Å². The first-order valence-electron chi connectivity index (χ1n) is 11.6. The van der Waals surface area contributed by atoms with E-state index in [4.69, 9.17) is 11.6 Å². The number of amides is 1. The largest absolute Gasteiger partial charge is 0.355 e. The second kappa shape index (κ2) is 9.31. The third kappa shape index (κ3) is 4.37. The number of benzene rings is 1. The van der Waals surface area contributed by atoms with Gasteiger partial charge in [0.15, 0.2) is 5.82 Å². The van der Waals surface area contributed by atoms with Gasteiger partial charge in [0.1, 0.15) is 11.6 Å². The Hall–Kier alpha value is -3.04. The standard InChI is InChI=1S/C24H29ClN8O/c1-16-23(27-9-8-26-16)32-10-6-17(7-11-32)24-29-28-21-14-31(15-22(34)30(2)3)13-18-12-19(25)4-5-20(18)33(21)24/h4-5,8-9,12,17H,6-7,10-11,13-15H2,1-3H3. The number of carbonyl (C=O) groups excluding carboxylic acids is 1. The van der Waals surface area contributed by atoms with Crippen LogP contribution in [0.3, 0.4) is 0 Å². The Morgan fingerprint density at radius 1 is 1.12 bits per heavy atom. The Morgan fingerprint density at radius 3 is 2.62 bits per heavy atom. The molecule has 1 aromatic carbocycles. The molecule has 0 aliphatic carbocycles.